The number of nitro groups is 1. The van der Waals surface area contributed by atoms with Crippen LogP contribution in [0.5, 0.6) is 0 Å². The van der Waals surface area contributed by atoms with Gasteiger partial charge in [-0.1, -0.05) is 12.1 Å². The molecule has 0 heterocycles. The molecule has 0 aliphatic carbocycles. The number of hydrogen-bond acceptors (Lipinski definition) is 4. The van der Waals surface area contributed by atoms with Gasteiger partial charge in [0.25, 0.3) is 5.69 Å². The molecule has 5 nitrogen and oxygen atoms in total. The SMILES string of the molecule is O=[N+]([O-])c1ccccc1C(O)CCO. The fraction of sp³-hybridized carbons (Fsp3) is 0.333. The van der Waals surface area contributed by atoms with Crippen molar-refractivity contribution in [2.45, 2.75) is 12.5 Å². The highest BCUT2D eigenvalue weighted by molar-refractivity contribution is 5.41. The Labute approximate surface area is 80.8 Å². The lowest BCUT2D eigenvalue weighted by Crippen LogP contribution is -2.03. The second-order valence-corrected chi connectivity index (χ2v) is 2.84. The molecular formula is C9H11NO4. The first kappa shape index (κ1) is 10.6. The number of hydrogen-bond donors (Lipinski definition) is 2. The summed E-state index contributed by atoms with van der Waals surface area (Å²) in [5.41, 5.74) is 0.125. The summed E-state index contributed by atoms with van der Waals surface area (Å²) in [5.74, 6) is 0. The molecule has 14 heavy (non-hydrogen) atoms. The van der Waals surface area contributed by atoms with Gasteiger partial charge in [-0.15, -0.1) is 0 Å². The second-order valence-electron chi connectivity index (χ2n) is 2.84. The molecule has 1 atom stereocenters. The van der Waals surface area contributed by atoms with Crippen molar-refractivity contribution < 1.29 is 15.1 Å². The van der Waals surface area contributed by atoms with Gasteiger partial charge in [0.1, 0.15) is 0 Å². The summed E-state index contributed by atoms with van der Waals surface area (Å²) >= 11 is 0. The van der Waals surface area contributed by atoms with Crippen molar-refractivity contribution in [1.82, 2.24) is 0 Å². The summed E-state index contributed by atoms with van der Waals surface area (Å²) in [5, 5.41) is 28.6. The number of nitrogens with zero attached hydrogens (tertiary/aromatic N) is 1. The monoisotopic (exact) mass is 197 g/mol. The van der Waals surface area contributed by atoms with Gasteiger partial charge in [-0.25, -0.2) is 0 Å². The molecule has 1 rings (SSSR count). The fourth-order valence-electron chi connectivity index (χ4n) is 1.21. The fourth-order valence-corrected chi connectivity index (χ4v) is 1.21. The largest absolute Gasteiger partial charge is 0.396 e. The van der Waals surface area contributed by atoms with E-state index in [-0.39, 0.29) is 24.3 Å². The number of aliphatic hydroxyl groups is 2. The van der Waals surface area contributed by atoms with Crippen LogP contribution in [0.25, 0.3) is 0 Å². The van der Waals surface area contributed by atoms with E-state index in [1.807, 2.05) is 0 Å². The quantitative estimate of drug-likeness (QED) is 0.557. The molecule has 0 saturated carbocycles. The van der Waals surface area contributed by atoms with Crippen molar-refractivity contribution in [2.75, 3.05) is 6.61 Å². The van der Waals surface area contributed by atoms with Crippen LogP contribution in [0.4, 0.5) is 5.69 Å². The van der Waals surface area contributed by atoms with E-state index < -0.39 is 11.0 Å². The van der Waals surface area contributed by atoms with Crippen LogP contribution in [0, 0.1) is 10.1 Å². The molecule has 76 valence electrons. The van der Waals surface area contributed by atoms with Crippen LogP contribution in [0.1, 0.15) is 18.1 Å². The molecule has 0 amide bonds. The first-order valence-corrected chi connectivity index (χ1v) is 4.19. The van der Waals surface area contributed by atoms with Gasteiger partial charge in [-0.05, 0) is 6.07 Å². The van der Waals surface area contributed by atoms with E-state index in [0.29, 0.717) is 0 Å². The van der Waals surface area contributed by atoms with Crippen LogP contribution in [0.3, 0.4) is 0 Å². The van der Waals surface area contributed by atoms with Crippen LogP contribution in [0.15, 0.2) is 24.3 Å². The molecule has 0 aromatic heterocycles. The molecule has 0 aliphatic heterocycles. The number of para-hydroxylation sites is 1. The van der Waals surface area contributed by atoms with Crippen molar-refractivity contribution in [3.63, 3.8) is 0 Å². The van der Waals surface area contributed by atoms with E-state index in [0.717, 1.165) is 0 Å². The number of nitro benzene ring substituents is 1. The molecule has 5 heteroatoms. The highest BCUT2D eigenvalue weighted by Gasteiger charge is 2.18. The molecule has 2 N–H and O–H groups in total. The third kappa shape index (κ3) is 2.27. The first-order valence-electron chi connectivity index (χ1n) is 4.19. The highest BCUT2D eigenvalue weighted by atomic mass is 16.6. The van der Waals surface area contributed by atoms with Gasteiger partial charge in [-0.3, -0.25) is 10.1 Å². The van der Waals surface area contributed by atoms with Crippen molar-refractivity contribution in [2.24, 2.45) is 0 Å². The molecule has 0 bridgehead atoms. The van der Waals surface area contributed by atoms with Gasteiger partial charge in [0.2, 0.25) is 0 Å². The summed E-state index contributed by atoms with van der Waals surface area (Å²) in [6, 6.07) is 5.96. The van der Waals surface area contributed by atoms with Crippen LogP contribution < -0.4 is 0 Å². The molecule has 1 aromatic carbocycles. The predicted octanol–water partition coefficient (Wildman–Crippen LogP) is 1.01. The van der Waals surface area contributed by atoms with Crippen LogP contribution >= 0.6 is 0 Å². The van der Waals surface area contributed by atoms with Gasteiger partial charge < -0.3 is 10.2 Å². The zero-order chi connectivity index (χ0) is 10.6. The molecule has 0 saturated heterocycles. The van der Waals surface area contributed by atoms with E-state index in [1.54, 1.807) is 6.07 Å². The summed E-state index contributed by atoms with van der Waals surface area (Å²) in [6.07, 6.45) is -0.883. The van der Waals surface area contributed by atoms with E-state index in [1.165, 1.54) is 18.2 Å². The zero-order valence-corrected chi connectivity index (χ0v) is 7.46. The van der Waals surface area contributed by atoms with E-state index >= 15 is 0 Å². The van der Waals surface area contributed by atoms with Crippen LogP contribution in [-0.2, 0) is 0 Å². The minimum atomic E-state index is -0.985. The number of aliphatic hydroxyl groups excluding tert-OH is 2. The Bertz CT molecular complexity index is 326. The van der Waals surface area contributed by atoms with Crippen LogP contribution in [-0.4, -0.2) is 21.7 Å². The van der Waals surface area contributed by atoms with Gasteiger partial charge in [-0.2, -0.15) is 0 Å². The molecular weight excluding hydrogens is 186 g/mol. The minimum Gasteiger partial charge on any atom is -0.396 e. The lowest BCUT2D eigenvalue weighted by atomic mass is 10.1. The normalized spacial score (nSPS) is 12.4. The smallest absolute Gasteiger partial charge is 0.275 e. The maximum Gasteiger partial charge on any atom is 0.275 e. The maximum atomic E-state index is 10.6. The Morgan fingerprint density at radius 1 is 1.43 bits per heavy atom. The predicted molar refractivity (Wildman–Crippen MR) is 49.8 cm³/mol. The second kappa shape index (κ2) is 4.69. The minimum absolute atomic E-state index is 0.102. The highest BCUT2D eigenvalue weighted by Crippen LogP contribution is 2.26. The zero-order valence-electron chi connectivity index (χ0n) is 7.46. The van der Waals surface area contributed by atoms with Crippen molar-refractivity contribution in [3.8, 4) is 0 Å². The van der Waals surface area contributed by atoms with Gasteiger partial charge in [0.05, 0.1) is 16.6 Å². The Kier molecular flexibility index (Phi) is 3.55. The Morgan fingerprint density at radius 3 is 2.64 bits per heavy atom. The van der Waals surface area contributed by atoms with Gasteiger partial charge >= 0.3 is 0 Å². The Morgan fingerprint density at radius 2 is 2.07 bits per heavy atom. The molecule has 0 fully saturated rings. The third-order valence-corrected chi connectivity index (χ3v) is 1.89. The van der Waals surface area contributed by atoms with E-state index in [9.17, 15) is 15.2 Å². The summed E-state index contributed by atoms with van der Waals surface area (Å²) < 4.78 is 0. The average molecular weight is 197 g/mol. The standard InChI is InChI=1S/C9H11NO4/c11-6-5-9(12)7-3-1-2-4-8(7)10(13)14/h1-4,9,11-12H,5-6H2. The third-order valence-electron chi connectivity index (χ3n) is 1.89. The molecule has 1 unspecified atom stereocenters. The van der Waals surface area contributed by atoms with Crippen molar-refractivity contribution in [3.05, 3.63) is 39.9 Å². The molecule has 1 aromatic rings. The summed E-state index contributed by atoms with van der Waals surface area (Å²) in [6.45, 7) is -0.201. The average Bonchev–Trinajstić information content (AvgIpc) is 2.18. The molecule has 0 spiro atoms. The number of rotatable bonds is 4. The maximum absolute atomic E-state index is 10.6. The first-order chi connectivity index (χ1) is 6.66. The van der Waals surface area contributed by atoms with E-state index in [2.05, 4.69) is 0 Å². The lowest BCUT2D eigenvalue weighted by Gasteiger charge is -2.08. The van der Waals surface area contributed by atoms with Crippen molar-refractivity contribution >= 4 is 5.69 Å². The van der Waals surface area contributed by atoms with Gasteiger partial charge in [0.15, 0.2) is 0 Å². The number of benzene rings is 1. The lowest BCUT2D eigenvalue weighted by molar-refractivity contribution is -0.386. The molecule has 0 aliphatic rings. The van der Waals surface area contributed by atoms with Crippen molar-refractivity contribution in [1.29, 1.82) is 0 Å². The molecule has 0 radical (unpaired) electrons. The van der Waals surface area contributed by atoms with E-state index in [4.69, 9.17) is 5.11 Å². The summed E-state index contributed by atoms with van der Waals surface area (Å²) in [4.78, 5) is 10.0. The van der Waals surface area contributed by atoms with Crippen LogP contribution in [0.2, 0.25) is 0 Å². The Hall–Kier alpha value is -1.46. The van der Waals surface area contributed by atoms with Gasteiger partial charge in [0, 0.05) is 19.1 Å². The topological polar surface area (TPSA) is 83.6 Å². The summed E-state index contributed by atoms with van der Waals surface area (Å²) in [7, 11) is 0. The Balaban J connectivity index is 3.00.